The van der Waals surface area contributed by atoms with Gasteiger partial charge in [-0.1, -0.05) is 0 Å². The Labute approximate surface area is 191 Å². The van der Waals surface area contributed by atoms with Crippen molar-refractivity contribution in [2.75, 3.05) is 44.7 Å². The van der Waals surface area contributed by atoms with E-state index in [-0.39, 0.29) is 31.4 Å². The molecular formula is C20H21F3N4O5S. The van der Waals surface area contributed by atoms with E-state index in [2.05, 4.69) is 15.0 Å². The molecule has 0 radical (unpaired) electrons. The van der Waals surface area contributed by atoms with Crippen molar-refractivity contribution in [1.82, 2.24) is 14.8 Å². The predicted octanol–water partition coefficient (Wildman–Crippen LogP) is 3.16. The van der Waals surface area contributed by atoms with E-state index in [1.807, 2.05) is 0 Å². The average molecular weight is 486 g/mol. The lowest BCUT2D eigenvalue weighted by atomic mass is 10.2. The lowest BCUT2D eigenvalue weighted by Crippen LogP contribution is -2.60. The molecule has 0 aliphatic carbocycles. The number of hydrogen-bond donors (Lipinski definition) is 1. The summed E-state index contributed by atoms with van der Waals surface area (Å²) in [5, 5.41) is 4.75. The lowest BCUT2D eigenvalue weighted by Gasteiger charge is -2.42. The quantitative estimate of drug-likeness (QED) is 0.717. The van der Waals surface area contributed by atoms with Crippen LogP contribution in [0.3, 0.4) is 0 Å². The van der Waals surface area contributed by atoms with Crippen LogP contribution in [-0.4, -0.2) is 78.3 Å². The largest absolute Gasteiger partial charge is 0.573 e. The molecule has 2 aliphatic heterocycles. The van der Waals surface area contributed by atoms with Gasteiger partial charge in [0.25, 0.3) is 5.91 Å². The summed E-state index contributed by atoms with van der Waals surface area (Å²) in [5.74, 6) is -1.79. The first kappa shape index (κ1) is 23.3. The molecule has 3 heterocycles. The van der Waals surface area contributed by atoms with E-state index >= 15 is 0 Å². The zero-order valence-electron chi connectivity index (χ0n) is 17.3. The number of nitrogens with zero attached hydrogens (tertiary/aromatic N) is 3. The van der Waals surface area contributed by atoms with Gasteiger partial charge in [-0.05, 0) is 30.7 Å². The molecular weight excluding hydrogens is 465 g/mol. The van der Waals surface area contributed by atoms with Crippen LogP contribution in [0, 0.1) is 0 Å². The third-order valence-electron chi connectivity index (χ3n) is 5.06. The van der Waals surface area contributed by atoms with E-state index in [9.17, 15) is 22.8 Å². The van der Waals surface area contributed by atoms with E-state index in [1.54, 1.807) is 16.5 Å². The minimum Gasteiger partial charge on any atom is -0.406 e. The van der Waals surface area contributed by atoms with Gasteiger partial charge in [-0.25, -0.2) is 9.78 Å². The number of alkyl halides is 3. The third-order valence-corrected chi connectivity index (χ3v) is 5.82. The maximum atomic E-state index is 12.9. The lowest BCUT2D eigenvalue weighted by molar-refractivity contribution is -0.274. The normalized spacial score (nSPS) is 21.5. The maximum Gasteiger partial charge on any atom is 0.573 e. The summed E-state index contributed by atoms with van der Waals surface area (Å²) >= 11 is 1.24. The van der Waals surface area contributed by atoms with Crippen LogP contribution in [0.4, 0.5) is 23.7 Å². The van der Waals surface area contributed by atoms with Gasteiger partial charge in [0.1, 0.15) is 5.75 Å². The first-order valence-corrected chi connectivity index (χ1v) is 11.0. The molecule has 1 aromatic carbocycles. The third kappa shape index (κ3) is 5.92. The SMILES string of the molecule is O=C(Nc1ccc(OC(F)(F)F)cc1)N1CCCOC2(C1)CN(C(=O)c1nccs1)CCO2. The molecule has 1 unspecified atom stereocenters. The minimum atomic E-state index is -4.79. The molecule has 0 bridgehead atoms. The summed E-state index contributed by atoms with van der Waals surface area (Å²) in [6.45, 7) is 1.56. The number of morpholine rings is 1. The molecule has 2 fully saturated rings. The van der Waals surface area contributed by atoms with Crippen LogP contribution in [0.5, 0.6) is 5.75 Å². The Bertz CT molecular complexity index is 973. The molecule has 9 nitrogen and oxygen atoms in total. The number of halogens is 3. The van der Waals surface area contributed by atoms with Crippen LogP contribution < -0.4 is 10.1 Å². The Morgan fingerprint density at radius 3 is 2.52 bits per heavy atom. The van der Waals surface area contributed by atoms with Gasteiger partial charge in [0.2, 0.25) is 5.79 Å². The second-order valence-corrected chi connectivity index (χ2v) is 8.34. The molecule has 3 amide bonds. The summed E-state index contributed by atoms with van der Waals surface area (Å²) in [5.41, 5.74) is 0.305. The Balaban J connectivity index is 1.41. The van der Waals surface area contributed by atoms with Crippen molar-refractivity contribution in [2.24, 2.45) is 0 Å². The number of amides is 3. The number of hydrogen-bond acceptors (Lipinski definition) is 7. The number of thiazole rings is 1. The van der Waals surface area contributed by atoms with Crippen molar-refractivity contribution in [3.63, 3.8) is 0 Å². The van der Waals surface area contributed by atoms with E-state index in [4.69, 9.17) is 9.47 Å². The number of rotatable bonds is 3. The molecule has 4 rings (SSSR count). The highest BCUT2D eigenvalue weighted by atomic mass is 32.1. The van der Waals surface area contributed by atoms with E-state index in [1.165, 1.54) is 28.4 Å². The van der Waals surface area contributed by atoms with Crippen molar-refractivity contribution >= 4 is 29.0 Å². The zero-order chi connectivity index (χ0) is 23.5. The number of benzene rings is 1. The molecule has 2 saturated heterocycles. The van der Waals surface area contributed by atoms with E-state index < -0.39 is 18.2 Å². The van der Waals surface area contributed by atoms with E-state index in [0.717, 1.165) is 12.1 Å². The van der Waals surface area contributed by atoms with Gasteiger partial charge in [0.15, 0.2) is 5.01 Å². The average Bonchev–Trinajstić information content (AvgIpc) is 3.23. The zero-order valence-corrected chi connectivity index (χ0v) is 18.2. The number of anilines is 1. The fourth-order valence-corrected chi connectivity index (χ4v) is 4.23. The standard InChI is InChI=1S/C20H21F3N4O5S/c21-20(22,23)32-15-4-2-14(3-5-15)25-18(29)27-7-1-9-30-19(13-27)12-26(8-10-31-19)17(28)16-24-6-11-33-16/h2-6,11H,1,7-10,12-13H2,(H,25,29). The van der Waals surface area contributed by atoms with Crippen molar-refractivity contribution in [3.8, 4) is 5.75 Å². The summed E-state index contributed by atoms with van der Waals surface area (Å²) in [6.07, 6.45) is -2.68. The molecule has 1 aromatic heterocycles. The monoisotopic (exact) mass is 486 g/mol. The highest BCUT2D eigenvalue weighted by molar-refractivity contribution is 7.11. The highest BCUT2D eigenvalue weighted by Crippen LogP contribution is 2.27. The van der Waals surface area contributed by atoms with Gasteiger partial charge in [-0.3, -0.25) is 4.79 Å². The Hall–Kier alpha value is -2.90. The van der Waals surface area contributed by atoms with Gasteiger partial charge in [-0.15, -0.1) is 24.5 Å². The summed E-state index contributed by atoms with van der Waals surface area (Å²) in [6, 6.07) is 4.39. The summed E-state index contributed by atoms with van der Waals surface area (Å²) < 4.78 is 52.6. The van der Waals surface area contributed by atoms with Crippen LogP contribution in [0.15, 0.2) is 35.8 Å². The predicted molar refractivity (Wildman–Crippen MR) is 111 cm³/mol. The highest BCUT2D eigenvalue weighted by Gasteiger charge is 2.43. The fourth-order valence-electron chi connectivity index (χ4n) is 3.62. The molecule has 1 N–H and O–H groups in total. The van der Waals surface area contributed by atoms with Gasteiger partial charge in [0, 0.05) is 30.4 Å². The summed E-state index contributed by atoms with van der Waals surface area (Å²) in [7, 11) is 0. The van der Waals surface area contributed by atoms with Gasteiger partial charge in [-0.2, -0.15) is 0 Å². The molecule has 2 aliphatic rings. The van der Waals surface area contributed by atoms with Crippen molar-refractivity contribution in [2.45, 2.75) is 18.6 Å². The first-order chi connectivity index (χ1) is 15.7. The molecule has 2 aromatic rings. The van der Waals surface area contributed by atoms with Crippen LogP contribution in [0.2, 0.25) is 0 Å². The second kappa shape index (κ2) is 9.53. The maximum absolute atomic E-state index is 12.9. The Morgan fingerprint density at radius 1 is 1.09 bits per heavy atom. The molecule has 13 heteroatoms. The number of aromatic nitrogens is 1. The number of nitrogens with one attached hydrogen (secondary N) is 1. The van der Waals surface area contributed by atoms with Crippen molar-refractivity contribution in [1.29, 1.82) is 0 Å². The summed E-state index contributed by atoms with van der Waals surface area (Å²) in [4.78, 5) is 32.8. The number of ether oxygens (including phenoxy) is 3. The topological polar surface area (TPSA) is 93.2 Å². The molecule has 178 valence electrons. The van der Waals surface area contributed by atoms with Crippen LogP contribution >= 0.6 is 11.3 Å². The second-order valence-electron chi connectivity index (χ2n) is 7.45. The van der Waals surface area contributed by atoms with Crippen LogP contribution in [0.1, 0.15) is 16.2 Å². The van der Waals surface area contributed by atoms with Gasteiger partial charge < -0.3 is 29.3 Å². The number of carbonyl (C=O) groups is 2. The van der Waals surface area contributed by atoms with Crippen LogP contribution in [-0.2, 0) is 9.47 Å². The molecule has 0 saturated carbocycles. The van der Waals surface area contributed by atoms with Crippen molar-refractivity contribution < 1.29 is 37.0 Å². The molecule has 33 heavy (non-hydrogen) atoms. The van der Waals surface area contributed by atoms with Crippen molar-refractivity contribution in [3.05, 3.63) is 40.8 Å². The van der Waals surface area contributed by atoms with Gasteiger partial charge >= 0.3 is 12.4 Å². The smallest absolute Gasteiger partial charge is 0.406 e. The minimum absolute atomic E-state index is 0.0791. The Morgan fingerprint density at radius 2 is 1.82 bits per heavy atom. The van der Waals surface area contributed by atoms with Gasteiger partial charge in [0.05, 0.1) is 26.3 Å². The number of carbonyl (C=O) groups excluding carboxylic acids is 2. The Kier molecular flexibility index (Phi) is 6.72. The molecule has 1 spiro atoms. The fraction of sp³-hybridized carbons (Fsp3) is 0.450. The first-order valence-electron chi connectivity index (χ1n) is 10.1. The molecule has 1 atom stereocenters. The number of urea groups is 1. The van der Waals surface area contributed by atoms with Crippen LogP contribution in [0.25, 0.3) is 0 Å². The van der Waals surface area contributed by atoms with E-state index in [0.29, 0.717) is 36.8 Å².